The molecule has 0 bridgehead atoms. The fraction of sp³-hybridized carbons (Fsp3) is 0.333. The highest BCUT2D eigenvalue weighted by molar-refractivity contribution is 7.90. The highest BCUT2D eigenvalue weighted by Gasteiger charge is 2.36. The maximum absolute atomic E-state index is 14.0. The van der Waals surface area contributed by atoms with Gasteiger partial charge in [-0.25, -0.2) is 42.1 Å². The average Bonchev–Trinajstić information content (AvgIpc) is 3.95. The maximum atomic E-state index is 14.0. The van der Waals surface area contributed by atoms with Gasteiger partial charge in [-0.3, -0.25) is 9.13 Å². The Kier molecular flexibility index (Phi) is 15.8. The quantitative estimate of drug-likeness (QED) is 0.103. The molecule has 2 aliphatic carbocycles. The number of alkyl halides is 6. The lowest BCUT2D eigenvalue weighted by atomic mass is 9.96. The van der Waals surface area contributed by atoms with Crippen molar-refractivity contribution in [3.05, 3.63) is 120 Å². The van der Waals surface area contributed by atoms with Crippen molar-refractivity contribution in [3.63, 3.8) is 0 Å². The topological polar surface area (TPSA) is 178 Å². The van der Waals surface area contributed by atoms with E-state index in [0.717, 1.165) is 50.1 Å². The van der Waals surface area contributed by atoms with Gasteiger partial charge in [0.15, 0.2) is 0 Å². The first-order chi connectivity index (χ1) is 35.2. The SMILES string of the molecule is COc1ccc2c(c1)nc(-c1ccc(F)c(C(F)(F)F)c1)n2-c1ccnc(NC2CCCCC2)n1.COc1ccc2c(c1)nc(-c1ccc(F)c(C(F)(F)F)c1)n2-c1ccnc(S(C)(=O)=O)n1.NC1CCCCC1. The number of hydrogen-bond donors (Lipinski definition) is 2. The number of nitrogens with two attached hydrogens (primary N) is 1. The van der Waals surface area contributed by atoms with Crippen LogP contribution >= 0.6 is 0 Å². The van der Waals surface area contributed by atoms with Crippen molar-refractivity contribution in [2.75, 3.05) is 25.8 Å². The lowest BCUT2D eigenvalue weighted by molar-refractivity contribution is -0.140. The summed E-state index contributed by atoms with van der Waals surface area (Å²) in [7, 11) is -0.806. The number of rotatable bonds is 9. The fourth-order valence-corrected chi connectivity index (χ4v) is 9.24. The van der Waals surface area contributed by atoms with Gasteiger partial charge in [-0.1, -0.05) is 38.5 Å². The van der Waals surface area contributed by atoms with Gasteiger partial charge in [0.2, 0.25) is 20.9 Å². The number of sulfone groups is 1. The molecule has 0 saturated heterocycles. The van der Waals surface area contributed by atoms with Crippen LogP contribution in [-0.2, 0) is 22.2 Å². The van der Waals surface area contributed by atoms with Crippen LogP contribution in [0.5, 0.6) is 11.5 Å². The predicted octanol–water partition coefficient (Wildman–Crippen LogP) is 11.7. The van der Waals surface area contributed by atoms with Crippen LogP contribution in [0.1, 0.15) is 75.3 Å². The van der Waals surface area contributed by atoms with E-state index >= 15 is 0 Å². The second-order valence-electron chi connectivity index (χ2n) is 17.7. The molecule has 2 aliphatic rings. The summed E-state index contributed by atoms with van der Waals surface area (Å²) in [6.45, 7) is 0. The highest BCUT2D eigenvalue weighted by atomic mass is 32.2. The molecule has 390 valence electrons. The van der Waals surface area contributed by atoms with Crippen LogP contribution in [0.2, 0.25) is 0 Å². The van der Waals surface area contributed by atoms with Gasteiger partial charge in [-0.2, -0.15) is 31.3 Å². The Hall–Kier alpha value is -7.27. The van der Waals surface area contributed by atoms with E-state index in [1.54, 1.807) is 53.2 Å². The molecule has 0 radical (unpaired) electrons. The second-order valence-corrected chi connectivity index (χ2v) is 19.6. The Morgan fingerprint density at radius 1 is 0.595 bits per heavy atom. The summed E-state index contributed by atoms with van der Waals surface area (Å²) in [5.74, 6) is -0.656. The molecule has 10 rings (SSSR count). The summed E-state index contributed by atoms with van der Waals surface area (Å²) in [6, 6.07) is 19.1. The number of ether oxygens (including phenoxy) is 2. The third kappa shape index (κ3) is 12.2. The van der Waals surface area contributed by atoms with Crippen LogP contribution < -0.4 is 20.5 Å². The van der Waals surface area contributed by atoms with Crippen molar-refractivity contribution in [2.45, 2.75) is 93.8 Å². The molecule has 74 heavy (non-hydrogen) atoms. The van der Waals surface area contributed by atoms with Gasteiger partial charge in [0.25, 0.3) is 0 Å². The fourth-order valence-electron chi connectivity index (χ4n) is 8.73. The minimum Gasteiger partial charge on any atom is -0.497 e. The van der Waals surface area contributed by atoms with Crippen LogP contribution in [0.3, 0.4) is 0 Å². The third-order valence-corrected chi connectivity index (χ3v) is 13.3. The lowest BCUT2D eigenvalue weighted by Crippen LogP contribution is -2.23. The Morgan fingerprint density at radius 2 is 1.05 bits per heavy atom. The smallest absolute Gasteiger partial charge is 0.419 e. The molecule has 0 unspecified atom stereocenters. The number of nitrogens with zero attached hydrogens (tertiary/aromatic N) is 8. The van der Waals surface area contributed by atoms with Crippen molar-refractivity contribution in [3.8, 4) is 45.9 Å². The van der Waals surface area contributed by atoms with E-state index in [4.69, 9.17) is 15.2 Å². The van der Waals surface area contributed by atoms with E-state index in [2.05, 4.69) is 35.2 Å². The highest BCUT2D eigenvalue weighted by Crippen LogP contribution is 2.38. The molecule has 0 spiro atoms. The number of nitrogens with one attached hydrogen (secondary N) is 1. The lowest BCUT2D eigenvalue weighted by Gasteiger charge is -2.22. The Morgan fingerprint density at radius 3 is 1.49 bits per heavy atom. The number of imidazole rings is 2. The molecule has 23 heteroatoms. The zero-order chi connectivity index (χ0) is 53.0. The first-order valence-electron chi connectivity index (χ1n) is 23.5. The molecule has 0 aliphatic heterocycles. The van der Waals surface area contributed by atoms with Gasteiger partial charge in [0.05, 0.1) is 47.4 Å². The van der Waals surface area contributed by atoms with Crippen molar-refractivity contribution in [1.82, 2.24) is 39.0 Å². The van der Waals surface area contributed by atoms with Crippen molar-refractivity contribution in [2.24, 2.45) is 5.73 Å². The van der Waals surface area contributed by atoms with E-state index in [0.29, 0.717) is 63.5 Å². The molecule has 4 aromatic heterocycles. The molecule has 2 fully saturated rings. The van der Waals surface area contributed by atoms with E-state index in [-0.39, 0.29) is 34.6 Å². The van der Waals surface area contributed by atoms with E-state index < -0.39 is 50.1 Å². The van der Waals surface area contributed by atoms with Gasteiger partial charge in [0, 0.05) is 54.0 Å². The summed E-state index contributed by atoms with van der Waals surface area (Å²) in [5, 5.41) is 2.90. The largest absolute Gasteiger partial charge is 0.497 e. The van der Waals surface area contributed by atoms with Crippen LogP contribution in [0, 0.1) is 11.6 Å². The predicted molar refractivity (Wildman–Crippen MR) is 262 cm³/mol. The number of aromatic nitrogens is 8. The van der Waals surface area contributed by atoms with Crippen LogP contribution in [0.4, 0.5) is 41.1 Å². The van der Waals surface area contributed by atoms with Gasteiger partial charge in [-0.15, -0.1) is 0 Å². The Bertz CT molecular complexity index is 3390. The number of methoxy groups -OCH3 is 2. The molecule has 14 nitrogen and oxygen atoms in total. The van der Waals surface area contributed by atoms with Gasteiger partial charge < -0.3 is 20.5 Å². The molecule has 8 aromatic rings. The Balaban J connectivity index is 0.000000174. The number of benzene rings is 4. The second kappa shape index (κ2) is 22.1. The monoisotopic (exact) mass is 1050 g/mol. The van der Waals surface area contributed by atoms with Gasteiger partial charge in [0.1, 0.15) is 46.4 Å². The first kappa shape index (κ1) is 53.0. The van der Waals surface area contributed by atoms with Crippen LogP contribution in [0.15, 0.2) is 102 Å². The Labute approximate surface area is 420 Å². The molecule has 2 saturated carbocycles. The van der Waals surface area contributed by atoms with Gasteiger partial charge >= 0.3 is 12.4 Å². The normalized spacial score (nSPS) is 14.8. The molecule has 0 amide bonds. The van der Waals surface area contributed by atoms with Crippen molar-refractivity contribution in [1.29, 1.82) is 0 Å². The van der Waals surface area contributed by atoms with Crippen LogP contribution in [-0.4, -0.2) is 80.0 Å². The first-order valence-corrected chi connectivity index (χ1v) is 25.4. The van der Waals surface area contributed by atoms with E-state index in [1.165, 1.54) is 75.6 Å². The zero-order valence-corrected chi connectivity index (χ0v) is 41.0. The molecule has 0 atom stereocenters. The standard InChI is InChI=1S/C25H23F4N5O.C20H14F4N4O3S.C6H13N/c1-35-17-8-10-21-20(14-17)32-23(15-7-9-19(26)18(13-15)25(27,28)29)34(21)22-11-12-30-24(33-22)31-16-5-3-2-4-6-16;1-31-12-4-6-16-15(10-12)26-18(11-3-5-14(21)13(9-11)20(22,23)24)28(16)17-7-8-25-19(27-17)32(2,29)30;7-6-4-2-1-3-5-6/h7-14,16H,2-6H2,1H3,(H,30,31,33);3-10H,1-2H3;6H,1-5,7H2. The molecule has 3 N–H and O–H groups in total. The number of hydrogen-bond acceptors (Lipinski definition) is 12. The third-order valence-electron chi connectivity index (χ3n) is 12.4. The van der Waals surface area contributed by atoms with E-state index in [1.807, 2.05) is 0 Å². The molecular formula is C51H50F8N10O4S. The summed E-state index contributed by atoms with van der Waals surface area (Å²) in [6.07, 6.45) is 6.20. The number of anilines is 1. The number of fused-ring (bicyclic) bond motifs is 2. The molecule has 4 heterocycles. The summed E-state index contributed by atoms with van der Waals surface area (Å²) in [5.41, 5.74) is 4.75. The summed E-state index contributed by atoms with van der Waals surface area (Å²) in [4.78, 5) is 25.7. The van der Waals surface area contributed by atoms with Crippen LogP contribution in [0.25, 0.3) is 56.5 Å². The summed E-state index contributed by atoms with van der Waals surface area (Å²) >= 11 is 0. The maximum Gasteiger partial charge on any atom is 0.419 e. The van der Waals surface area contributed by atoms with Gasteiger partial charge in [-0.05, 0) is 98.5 Å². The van der Waals surface area contributed by atoms with E-state index in [9.17, 15) is 43.5 Å². The molecule has 4 aromatic carbocycles. The average molecular weight is 1050 g/mol. The minimum absolute atomic E-state index is 0.00287. The number of halogens is 8. The zero-order valence-electron chi connectivity index (χ0n) is 40.2. The minimum atomic E-state index is -4.92. The van der Waals surface area contributed by atoms with Crippen molar-refractivity contribution >= 4 is 37.9 Å². The summed E-state index contributed by atoms with van der Waals surface area (Å²) < 4.78 is 145. The van der Waals surface area contributed by atoms with Crippen molar-refractivity contribution < 1.29 is 53.0 Å². The molecular weight excluding hydrogens is 1000 g/mol.